The Bertz CT molecular complexity index is 658. The number of hydrogen-bond donors (Lipinski definition) is 1. The van der Waals surface area contributed by atoms with E-state index >= 15 is 0 Å². The van der Waals surface area contributed by atoms with Crippen LogP contribution in [0.5, 0.6) is 11.5 Å². The molecule has 120 valence electrons. The highest BCUT2D eigenvalue weighted by atomic mass is 16.5. The van der Waals surface area contributed by atoms with Crippen LogP contribution in [-0.4, -0.2) is 25.8 Å². The summed E-state index contributed by atoms with van der Waals surface area (Å²) in [5, 5.41) is 3.66. The lowest BCUT2D eigenvalue weighted by molar-refractivity contribution is 0.302. The molecule has 0 aromatic heterocycles. The van der Waals surface area contributed by atoms with Gasteiger partial charge in [0, 0.05) is 18.0 Å². The first kappa shape index (κ1) is 14.6. The molecule has 1 aliphatic carbocycles. The summed E-state index contributed by atoms with van der Waals surface area (Å²) in [5.41, 5.74) is 4.23. The van der Waals surface area contributed by atoms with Crippen molar-refractivity contribution in [2.24, 2.45) is 0 Å². The number of fused-ring (bicyclic) bond motifs is 2. The SMILES string of the molecule is c1ccc2c(c1)CC(NCCCOc1cccc3c1CCO3)C2. The largest absolute Gasteiger partial charge is 0.493 e. The molecule has 23 heavy (non-hydrogen) atoms. The Balaban J connectivity index is 1.20. The fourth-order valence-corrected chi connectivity index (χ4v) is 3.59. The number of ether oxygens (including phenoxy) is 2. The molecule has 0 radical (unpaired) electrons. The summed E-state index contributed by atoms with van der Waals surface area (Å²) >= 11 is 0. The molecule has 3 nitrogen and oxygen atoms in total. The maximum atomic E-state index is 5.96. The van der Waals surface area contributed by atoms with Crippen LogP contribution in [0.3, 0.4) is 0 Å². The molecule has 2 aromatic rings. The average Bonchev–Trinajstić information content (AvgIpc) is 3.21. The number of nitrogens with one attached hydrogen (secondary N) is 1. The van der Waals surface area contributed by atoms with Gasteiger partial charge in [-0.25, -0.2) is 0 Å². The lowest BCUT2D eigenvalue weighted by Crippen LogP contribution is -2.31. The molecule has 0 amide bonds. The summed E-state index contributed by atoms with van der Waals surface area (Å²) in [7, 11) is 0. The molecule has 1 heterocycles. The Morgan fingerprint density at radius 1 is 1.04 bits per heavy atom. The van der Waals surface area contributed by atoms with E-state index < -0.39 is 0 Å². The normalized spacial score (nSPS) is 16.0. The molecular weight excluding hydrogens is 286 g/mol. The molecule has 3 heteroatoms. The molecule has 1 N–H and O–H groups in total. The van der Waals surface area contributed by atoms with E-state index in [0.717, 1.165) is 56.9 Å². The van der Waals surface area contributed by atoms with E-state index in [9.17, 15) is 0 Å². The Labute approximate surface area is 137 Å². The predicted molar refractivity (Wildman–Crippen MR) is 91.4 cm³/mol. The van der Waals surface area contributed by atoms with Gasteiger partial charge in [0.1, 0.15) is 11.5 Å². The molecule has 0 bridgehead atoms. The highest BCUT2D eigenvalue weighted by Gasteiger charge is 2.20. The van der Waals surface area contributed by atoms with E-state index in [1.807, 2.05) is 12.1 Å². The first-order valence-corrected chi connectivity index (χ1v) is 8.58. The third-order valence-electron chi connectivity index (χ3n) is 4.76. The zero-order valence-electron chi connectivity index (χ0n) is 13.4. The number of hydrogen-bond acceptors (Lipinski definition) is 3. The van der Waals surface area contributed by atoms with Gasteiger partial charge in [-0.3, -0.25) is 0 Å². The van der Waals surface area contributed by atoms with Gasteiger partial charge in [0.25, 0.3) is 0 Å². The third kappa shape index (κ3) is 3.20. The van der Waals surface area contributed by atoms with Crippen molar-refractivity contribution in [3.8, 4) is 11.5 Å². The van der Waals surface area contributed by atoms with Crippen LogP contribution in [0.1, 0.15) is 23.1 Å². The third-order valence-corrected chi connectivity index (χ3v) is 4.76. The molecule has 0 unspecified atom stereocenters. The topological polar surface area (TPSA) is 30.5 Å². The lowest BCUT2D eigenvalue weighted by atomic mass is 10.1. The molecule has 1 aliphatic heterocycles. The van der Waals surface area contributed by atoms with Gasteiger partial charge >= 0.3 is 0 Å². The second-order valence-corrected chi connectivity index (χ2v) is 6.36. The van der Waals surface area contributed by atoms with Gasteiger partial charge in [-0.1, -0.05) is 30.3 Å². The highest BCUT2D eigenvalue weighted by Crippen LogP contribution is 2.33. The Hall–Kier alpha value is -2.00. The van der Waals surface area contributed by atoms with Crippen molar-refractivity contribution < 1.29 is 9.47 Å². The molecule has 0 saturated carbocycles. The van der Waals surface area contributed by atoms with Crippen LogP contribution >= 0.6 is 0 Å². The minimum Gasteiger partial charge on any atom is -0.493 e. The summed E-state index contributed by atoms with van der Waals surface area (Å²) in [6.45, 7) is 2.53. The molecule has 0 spiro atoms. The van der Waals surface area contributed by atoms with Crippen LogP contribution in [0.2, 0.25) is 0 Å². The standard InChI is InChI=1S/C20H23NO2/c1-2-6-16-14-17(13-15(16)5-1)21-10-4-11-22-19-7-3-8-20-18(19)9-12-23-20/h1-3,5-8,17,21H,4,9-14H2. The zero-order chi connectivity index (χ0) is 15.5. The zero-order valence-corrected chi connectivity index (χ0v) is 13.4. The van der Waals surface area contributed by atoms with Crippen LogP contribution in [-0.2, 0) is 19.3 Å². The Morgan fingerprint density at radius 3 is 2.70 bits per heavy atom. The van der Waals surface area contributed by atoms with Crippen molar-refractivity contribution in [1.29, 1.82) is 0 Å². The predicted octanol–water partition coefficient (Wildman–Crippen LogP) is 3.15. The van der Waals surface area contributed by atoms with Crippen molar-refractivity contribution in [2.45, 2.75) is 31.7 Å². The van der Waals surface area contributed by atoms with E-state index in [0.29, 0.717) is 6.04 Å². The second kappa shape index (κ2) is 6.63. The minimum absolute atomic E-state index is 0.585. The number of rotatable bonds is 6. The highest BCUT2D eigenvalue weighted by molar-refractivity contribution is 5.46. The van der Waals surface area contributed by atoms with Crippen LogP contribution in [0.25, 0.3) is 0 Å². The summed E-state index contributed by atoms with van der Waals surface area (Å²) < 4.78 is 11.5. The summed E-state index contributed by atoms with van der Waals surface area (Å²) in [6, 6.07) is 15.4. The molecule has 2 aliphatic rings. The molecule has 0 fully saturated rings. The first-order valence-electron chi connectivity index (χ1n) is 8.58. The van der Waals surface area contributed by atoms with E-state index in [4.69, 9.17) is 9.47 Å². The second-order valence-electron chi connectivity index (χ2n) is 6.36. The fraction of sp³-hybridized carbons (Fsp3) is 0.400. The van der Waals surface area contributed by atoms with E-state index in [1.54, 1.807) is 0 Å². The smallest absolute Gasteiger partial charge is 0.126 e. The summed E-state index contributed by atoms with van der Waals surface area (Å²) in [5.74, 6) is 1.98. The minimum atomic E-state index is 0.585. The summed E-state index contributed by atoms with van der Waals surface area (Å²) in [6.07, 6.45) is 4.29. The lowest BCUT2D eigenvalue weighted by Gasteiger charge is -2.13. The maximum Gasteiger partial charge on any atom is 0.126 e. The molecule has 0 atom stereocenters. The molecule has 4 rings (SSSR count). The quantitative estimate of drug-likeness (QED) is 0.832. The first-order chi connectivity index (χ1) is 11.4. The summed E-state index contributed by atoms with van der Waals surface area (Å²) in [4.78, 5) is 0. The molecule has 2 aromatic carbocycles. The molecule has 0 saturated heterocycles. The van der Waals surface area contributed by atoms with Crippen molar-refractivity contribution in [3.05, 3.63) is 59.2 Å². The van der Waals surface area contributed by atoms with Gasteiger partial charge in [0.2, 0.25) is 0 Å². The van der Waals surface area contributed by atoms with Crippen LogP contribution < -0.4 is 14.8 Å². The van der Waals surface area contributed by atoms with E-state index in [2.05, 4.69) is 35.6 Å². The van der Waals surface area contributed by atoms with Gasteiger partial charge in [-0.2, -0.15) is 0 Å². The van der Waals surface area contributed by atoms with Gasteiger partial charge in [0.15, 0.2) is 0 Å². The van der Waals surface area contributed by atoms with Gasteiger partial charge < -0.3 is 14.8 Å². The Kier molecular flexibility index (Phi) is 4.20. The van der Waals surface area contributed by atoms with Crippen molar-refractivity contribution >= 4 is 0 Å². The maximum absolute atomic E-state index is 5.96. The van der Waals surface area contributed by atoms with E-state index in [-0.39, 0.29) is 0 Å². The Morgan fingerprint density at radius 2 is 1.87 bits per heavy atom. The molecular formula is C20H23NO2. The van der Waals surface area contributed by atoms with Gasteiger partial charge in [-0.15, -0.1) is 0 Å². The van der Waals surface area contributed by atoms with Gasteiger partial charge in [0.05, 0.1) is 13.2 Å². The van der Waals surface area contributed by atoms with Crippen LogP contribution in [0.4, 0.5) is 0 Å². The van der Waals surface area contributed by atoms with Crippen molar-refractivity contribution in [2.75, 3.05) is 19.8 Å². The van der Waals surface area contributed by atoms with Crippen molar-refractivity contribution in [1.82, 2.24) is 5.32 Å². The van der Waals surface area contributed by atoms with Crippen LogP contribution in [0, 0.1) is 0 Å². The monoisotopic (exact) mass is 309 g/mol. The fourth-order valence-electron chi connectivity index (χ4n) is 3.59. The average molecular weight is 309 g/mol. The van der Waals surface area contributed by atoms with Crippen molar-refractivity contribution in [3.63, 3.8) is 0 Å². The van der Waals surface area contributed by atoms with E-state index in [1.165, 1.54) is 16.7 Å². The van der Waals surface area contributed by atoms with Crippen LogP contribution in [0.15, 0.2) is 42.5 Å². The number of benzene rings is 2. The van der Waals surface area contributed by atoms with Gasteiger partial charge in [-0.05, 0) is 49.1 Å².